The van der Waals surface area contributed by atoms with Crippen LogP contribution in [0.4, 0.5) is 4.39 Å². The number of halogens is 1. The van der Waals surface area contributed by atoms with Gasteiger partial charge in [0.1, 0.15) is 11.5 Å². The minimum absolute atomic E-state index is 0.0411. The molecule has 0 atom stereocenters. The Morgan fingerprint density at radius 2 is 1.88 bits per heavy atom. The van der Waals surface area contributed by atoms with E-state index < -0.39 is 5.82 Å². The Kier molecular flexibility index (Phi) is 3.39. The van der Waals surface area contributed by atoms with Gasteiger partial charge in [0, 0.05) is 35.7 Å². The number of rotatable bonds is 3. The lowest BCUT2D eigenvalue weighted by molar-refractivity contribution is 0.103. The predicted molar refractivity (Wildman–Crippen MR) is 89.2 cm³/mol. The van der Waals surface area contributed by atoms with Gasteiger partial charge in [-0.05, 0) is 29.8 Å². The Labute approximate surface area is 137 Å². The standard InChI is InChI=1S/C19H12FN3O/c20-16-6-2-1-5-14(16)18(24)15-11-23-19-17(15)13(7-9-22-19)12-4-3-8-21-10-12/h1-11H,(H,22,23). The fourth-order valence-corrected chi connectivity index (χ4v) is 2.79. The first-order chi connectivity index (χ1) is 11.8. The molecule has 0 spiro atoms. The van der Waals surface area contributed by atoms with Crippen LogP contribution in [-0.4, -0.2) is 20.7 Å². The van der Waals surface area contributed by atoms with E-state index in [1.165, 1.54) is 12.1 Å². The van der Waals surface area contributed by atoms with Crippen LogP contribution in [0.15, 0.2) is 67.3 Å². The number of nitrogens with one attached hydrogen (secondary N) is 1. The molecule has 24 heavy (non-hydrogen) atoms. The molecule has 0 unspecified atom stereocenters. The molecular weight excluding hydrogens is 305 g/mol. The van der Waals surface area contributed by atoms with E-state index in [1.807, 2.05) is 18.2 Å². The minimum atomic E-state index is -0.538. The van der Waals surface area contributed by atoms with Gasteiger partial charge in [0.2, 0.25) is 0 Å². The van der Waals surface area contributed by atoms with Gasteiger partial charge in [-0.25, -0.2) is 9.37 Å². The molecule has 3 aromatic heterocycles. The average Bonchev–Trinajstić information content (AvgIpc) is 3.06. The van der Waals surface area contributed by atoms with E-state index in [2.05, 4.69) is 15.0 Å². The van der Waals surface area contributed by atoms with Gasteiger partial charge in [0.25, 0.3) is 0 Å². The van der Waals surface area contributed by atoms with E-state index in [0.29, 0.717) is 16.6 Å². The van der Waals surface area contributed by atoms with Gasteiger partial charge in [0.15, 0.2) is 5.78 Å². The Balaban J connectivity index is 1.95. The number of benzene rings is 1. The fourth-order valence-electron chi connectivity index (χ4n) is 2.79. The second-order valence-electron chi connectivity index (χ2n) is 5.34. The normalized spacial score (nSPS) is 10.9. The molecule has 0 aliphatic rings. The van der Waals surface area contributed by atoms with Crippen LogP contribution in [0, 0.1) is 5.82 Å². The summed E-state index contributed by atoms with van der Waals surface area (Å²) >= 11 is 0. The zero-order valence-corrected chi connectivity index (χ0v) is 12.5. The Morgan fingerprint density at radius 1 is 1.00 bits per heavy atom. The number of carbonyl (C=O) groups is 1. The highest BCUT2D eigenvalue weighted by atomic mass is 19.1. The maximum absolute atomic E-state index is 14.0. The maximum atomic E-state index is 14.0. The van der Waals surface area contributed by atoms with Crippen LogP contribution in [0.3, 0.4) is 0 Å². The molecule has 5 heteroatoms. The summed E-state index contributed by atoms with van der Waals surface area (Å²) in [6.45, 7) is 0. The molecular formula is C19H12FN3O. The topological polar surface area (TPSA) is 58.6 Å². The third-order valence-corrected chi connectivity index (χ3v) is 3.91. The second-order valence-corrected chi connectivity index (χ2v) is 5.34. The van der Waals surface area contributed by atoms with Gasteiger partial charge >= 0.3 is 0 Å². The molecule has 0 bridgehead atoms. The van der Waals surface area contributed by atoms with Gasteiger partial charge in [-0.15, -0.1) is 0 Å². The van der Waals surface area contributed by atoms with Crippen LogP contribution in [0.5, 0.6) is 0 Å². The number of fused-ring (bicyclic) bond motifs is 1. The molecule has 1 aromatic carbocycles. The smallest absolute Gasteiger partial charge is 0.198 e. The fraction of sp³-hybridized carbons (Fsp3) is 0. The van der Waals surface area contributed by atoms with Gasteiger partial charge in [-0.2, -0.15) is 0 Å². The Bertz CT molecular complexity index is 1040. The quantitative estimate of drug-likeness (QED) is 0.581. The molecule has 0 amide bonds. The summed E-state index contributed by atoms with van der Waals surface area (Å²) in [5.74, 6) is -0.916. The van der Waals surface area contributed by atoms with Crippen molar-refractivity contribution in [1.82, 2.24) is 15.0 Å². The zero-order valence-electron chi connectivity index (χ0n) is 12.5. The van der Waals surface area contributed by atoms with Gasteiger partial charge in [0.05, 0.1) is 11.1 Å². The molecule has 0 radical (unpaired) electrons. The Hall–Kier alpha value is -3.34. The predicted octanol–water partition coefficient (Wildman–Crippen LogP) is 4.00. The molecule has 4 aromatic rings. The van der Waals surface area contributed by atoms with Crippen LogP contribution in [0.2, 0.25) is 0 Å². The molecule has 116 valence electrons. The molecule has 0 saturated heterocycles. The van der Waals surface area contributed by atoms with Crippen molar-refractivity contribution in [2.24, 2.45) is 0 Å². The van der Waals surface area contributed by atoms with E-state index in [0.717, 1.165) is 11.1 Å². The van der Waals surface area contributed by atoms with E-state index in [1.54, 1.807) is 36.9 Å². The van der Waals surface area contributed by atoms with Crippen molar-refractivity contribution in [3.8, 4) is 11.1 Å². The molecule has 0 fully saturated rings. The van der Waals surface area contributed by atoms with E-state index in [4.69, 9.17) is 0 Å². The average molecular weight is 317 g/mol. The van der Waals surface area contributed by atoms with Crippen molar-refractivity contribution in [1.29, 1.82) is 0 Å². The highest BCUT2D eigenvalue weighted by molar-refractivity contribution is 6.18. The molecule has 4 nitrogen and oxygen atoms in total. The lowest BCUT2D eigenvalue weighted by Crippen LogP contribution is -2.03. The number of nitrogens with zero attached hydrogens (tertiary/aromatic N) is 2. The molecule has 0 saturated carbocycles. The summed E-state index contributed by atoms with van der Waals surface area (Å²) < 4.78 is 14.0. The number of carbonyl (C=O) groups excluding carboxylic acids is 1. The molecule has 1 N–H and O–H groups in total. The third kappa shape index (κ3) is 2.27. The van der Waals surface area contributed by atoms with Crippen LogP contribution in [-0.2, 0) is 0 Å². The SMILES string of the molecule is O=C(c1ccccc1F)c1c[nH]c2nccc(-c3cccnc3)c12. The van der Waals surface area contributed by atoms with E-state index in [-0.39, 0.29) is 11.3 Å². The van der Waals surface area contributed by atoms with Crippen LogP contribution < -0.4 is 0 Å². The first kappa shape index (κ1) is 14.3. The third-order valence-electron chi connectivity index (χ3n) is 3.91. The Morgan fingerprint density at radius 3 is 2.67 bits per heavy atom. The summed E-state index contributed by atoms with van der Waals surface area (Å²) in [7, 11) is 0. The highest BCUT2D eigenvalue weighted by Gasteiger charge is 2.20. The molecule has 4 rings (SSSR count). The zero-order chi connectivity index (χ0) is 16.5. The van der Waals surface area contributed by atoms with Gasteiger partial charge in [-0.1, -0.05) is 18.2 Å². The van der Waals surface area contributed by atoms with Crippen molar-refractivity contribution in [3.05, 3.63) is 84.2 Å². The number of pyridine rings is 2. The second kappa shape index (κ2) is 5.70. The number of H-pyrrole nitrogens is 1. The van der Waals surface area contributed by atoms with Crippen molar-refractivity contribution in [2.45, 2.75) is 0 Å². The maximum Gasteiger partial charge on any atom is 0.198 e. The van der Waals surface area contributed by atoms with Crippen molar-refractivity contribution in [3.63, 3.8) is 0 Å². The number of hydrogen-bond acceptors (Lipinski definition) is 3. The number of hydrogen-bond donors (Lipinski definition) is 1. The first-order valence-electron chi connectivity index (χ1n) is 7.41. The van der Waals surface area contributed by atoms with Crippen LogP contribution in [0.1, 0.15) is 15.9 Å². The van der Waals surface area contributed by atoms with Gasteiger partial charge in [-0.3, -0.25) is 9.78 Å². The number of aromatic amines is 1. The largest absolute Gasteiger partial charge is 0.345 e. The summed E-state index contributed by atoms with van der Waals surface area (Å²) in [5.41, 5.74) is 2.71. The summed E-state index contributed by atoms with van der Waals surface area (Å²) in [6.07, 6.45) is 6.65. The summed E-state index contributed by atoms with van der Waals surface area (Å²) in [6, 6.07) is 11.5. The minimum Gasteiger partial charge on any atom is -0.345 e. The number of ketones is 1. The van der Waals surface area contributed by atoms with Gasteiger partial charge < -0.3 is 4.98 Å². The monoisotopic (exact) mass is 317 g/mol. The highest BCUT2D eigenvalue weighted by Crippen LogP contribution is 2.31. The summed E-state index contributed by atoms with van der Waals surface area (Å²) in [5, 5.41) is 0.666. The van der Waals surface area contributed by atoms with E-state index in [9.17, 15) is 9.18 Å². The van der Waals surface area contributed by atoms with Crippen LogP contribution in [0.25, 0.3) is 22.2 Å². The van der Waals surface area contributed by atoms with Crippen LogP contribution >= 0.6 is 0 Å². The lowest BCUT2D eigenvalue weighted by Gasteiger charge is -2.06. The first-order valence-corrected chi connectivity index (χ1v) is 7.41. The lowest BCUT2D eigenvalue weighted by atomic mass is 9.98. The number of aromatic nitrogens is 3. The van der Waals surface area contributed by atoms with Crippen molar-refractivity contribution < 1.29 is 9.18 Å². The molecule has 0 aliphatic carbocycles. The molecule has 3 heterocycles. The summed E-state index contributed by atoms with van der Waals surface area (Å²) in [4.78, 5) is 24.2. The molecule has 0 aliphatic heterocycles. The van der Waals surface area contributed by atoms with Crippen molar-refractivity contribution in [2.75, 3.05) is 0 Å². The van der Waals surface area contributed by atoms with E-state index >= 15 is 0 Å². The van der Waals surface area contributed by atoms with Crippen molar-refractivity contribution >= 4 is 16.8 Å².